The lowest BCUT2D eigenvalue weighted by Crippen LogP contribution is -2.07. The number of benzene rings is 1. The number of aliphatic hydroxyl groups excluding tert-OH is 1. The highest BCUT2D eigenvalue weighted by Crippen LogP contribution is 2.27. The van der Waals surface area contributed by atoms with Gasteiger partial charge in [-0.1, -0.05) is 12.1 Å². The molecule has 1 atom stereocenters. The minimum absolute atomic E-state index is 0.186. The Balaban J connectivity index is 2.93. The first-order chi connectivity index (χ1) is 6.16. The monoisotopic (exact) mass is 185 g/mol. The third-order valence-corrected chi connectivity index (χ3v) is 1.82. The van der Waals surface area contributed by atoms with Gasteiger partial charge in [-0.05, 0) is 19.0 Å². The van der Waals surface area contributed by atoms with Crippen molar-refractivity contribution in [3.05, 3.63) is 29.6 Å². The van der Waals surface area contributed by atoms with Gasteiger partial charge in [-0.3, -0.25) is 0 Å². The molecular formula is C9H12FNO2. The van der Waals surface area contributed by atoms with E-state index in [2.05, 4.69) is 0 Å². The highest BCUT2D eigenvalue weighted by atomic mass is 19.1. The highest BCUT2D eigenvalue weighted by Gasteiger charge is 2.13. The van der Waals surface area contributed by atoms with Gasteiger partial charge in [-0.2, -0.15) is 0 Å². The Kier molecular flexibility index (Phi) is 3.22. The molecule has 0 spiro atoms. The van der Waals surface area contributed by atoms with Crippen molar-refractivity contribution in [1.29, 1.82) is 0 Å². The summed E-state index contributed by atoms with van der Waals surface area (Å²) in [5.41, 5.74) is 5.41. The molecule has 0 saturated heterocycles. The first-order valence-corrected chi connectivity index (χ1v) is 4.02. The number of para-hydroxylation sites is 1. The van der Waals surface area contributed by atoms with E-state index in [1.54, 1.807) is 0 Å². The lowest BCUT2D eigenvalue weighted by Gasteiger charge is -2.11. The Hall–Kier alpha value is -1.13. The number of phenols is 1. The van der Waals surface area contributed by atoms with Crippen LogP contribution in [0.3, 0.4) is 0 Å². The molecule has 4 N–H and O–H groups in total. The van der Waals surface area contributed by atoms with Gasteiger partial charge in [0.2, 0.25) is 0 Å². The Bertz CT molecular complexity index is 291. The molecule has 0 radical (unpaired) electrons. The van der Waals surface area contributed by atoms with Crippen LogP contribution in [0.5, 0.6) is 5.75 Å². The topological polar surface area (TPSA) is 66.5 Å². The van der Waals surface area contributed by atoms with Gasteiger partial charge in [0.1, 0.15) is 0 Å². The van der Waals surface area contributed by atoms with Crippen LogP contribution in [-0.4, -0.2) is 16.8 Å². The van der Waals surface area contributed by atoms with Crippen molar-refractivity contribution >= 4 is 0 Å². The highest BCUT2D eigenvalue weighted by molar-refractivity contribution is 5.35. The summed E-state index contributed by atoms with van der Waals surface area (Å²) in [4.78, 5) is 0. The fourth-order valence-corrected chi connectivity index (χ4v) is 1.11. The summed E-state index contributed by atoms with van der Waals surface area (Å²) < 4.78 is 12.8. The standard InChI is InChI=1S/C9H12FNO2/c10-7-3-1-2-6(9(7)13)8(12)4-5-11/h1-3,8,12-13H,4-5,11H2/t8-/m0/s1. The molecule has 72 valence electrons. The van der Waals surface area contributed by atoms with Crippen LogP contribution in [0.15, 0.2) is 18.2 Å². The molecule has 0 aromatic heterocycles. The van der Waals surface area contributed by atoms with Crippen LogP contribution >= 0.6 is 0 Å². The number of halogens is 1. The molecule has 3 nitrogen and oxygen atoms in total. The lowest BCUT2D eigenvalue weighted by atomic mass is 10.1. The summed E-state index contributed by atoms with van der Waals surface area (Å²) in [7, 11) is 0. The summed E-state index contributed by atoms with van der Waals surface area (Å²) in [5, 5.41) is 18.6. The van der Waals surface area contributed by atoms with Gasteiger partial charge in [-0.15, -0.1) is 0 Å². The summed E-state index contributed by atoms with van der Waals surface area (Å²) in [5.74, 6) is -1.22. The van der Waals surface area contributed by atoms with E-state index < -0.39 is 17.7 Å². The Labute approximate surface area is 75.6 Å². The minimum atomic E-state index is -0.902. The molecule has 0 bridgehead atoms. The Morgan fingerprint density at radius 1 is 1.46 bits per heavy atom. The van der Waals surface area contributed by atoms with Crippen molar-refractivity contribution in [3.63, 3.8) is 0 Å². The van der Waals surface area contributed by atoms with E-state index in [0.717, 1.165) is 6.07 Å². The van der Waals surface area contributed by atoms with Gasteiger partial charge in [0.05, 0.1) is 6.10 Å². The quantitative estimate of drug-likeness (QED) is 0.655. The maximum atomic E-state index is 12.8. The van der Waals surface area contributed by atoms with Gasteiger partial charge >= 0.3 is 0 Å². The van der Waals surface area contributed by atoms with Gasteiger partial charge in [0.15, 0.2) is 11.6 Å². The smallest absolute Gasteiger partial charge is 0.165 e. The molecule has 0 fully saturated rings. The summed E-state index contributed by atoms with van der Waals surface area (Å²) in [6.07, 6.45) is -0.600. The maximum Gasteiger partial charge on any atom is 0.165 e. The zero-order valence-electron chi connectivity index (χ0n) is 7.07. The second kappa shape index (κ2) is 4.20. The van der Waals surface area contributed by atoms with Crippen LogP contribution < -0.4 is 5.73 Å². The van der Waals surface area contributed by atoms with Crippen molar-refractivity contribution in [2.75, 3.05) is 6.54 Å². The molecular weight excluding hydrogens is 173 g/mol. The SMILES string of the molecule is NCC[C@H](O)c1cccc(F)c1O. The van der Waals surface area contributed by atoms with Gasteiger partial charge in [-0.25, -0.2) is 4.39 Å². The molecule has 0 saturated carbocycles. The van der Waals surface area contributed by atoms with Crippen LogP contribution in [0.1, 0.15) is 18.1 Å². The fourth-order valence-electron chi connectivity index (χ4n) is 1.11. The second-order valence-electron chi connectivity index (χ2n) is 2.77. The van der Waals surface area contributed by atoms with Crippen LogP contribution in [0.4, 0.5) is 4.39 Å². The summed E-state index contributed by atoms with van der Waals surface area (Å²) in [6, 6.07) is 4.04. The van der Waals surface area contributed by atoms with Crippen molar-refractivity contribution in [2.24, 2.45) is 5.73 Å². The molecule has 0 unspecified atom stereocenters. The lowest BCUT2D eigenvalue weighted by molar-refractivity contribution is 0.165. The Morgan fingerprint density at radius 3 is 2.77 bits per heavy atom. The van der Waals surface area contributed by atoms with Gasteiger partial charge in [0.25, 0.3) is 0 Å². The first-order valence-electron chi connectivity index (χ1n) is 4.02. The number of hydrogen-bond donors (Lipinski definition) is 3. The summed E-state index contributed by atoms with van der Waals surface area (Å²) in [6.45, 7) is 0.289. The molecule has 0 aliphatic rings. The number of nitrogens with two attached hydrogens (primary N) is 1. The number of aromatic hydroxyl groups is 1. The number of hydrogen-bond acceptors (Lipinski definition) is 3. The van der Waals surface area contributed by atoms with Crippen LogP contribution in [0.2, 0.25) is 0 Å². The van der Waals surface area contributed by atoms with Crippen LogP contribution in [0.25, 0.3) is 0 Å². The molecule has 0 amide bonds. The molecule has 0 heterocycles. The second-order valence-corrected chi connectivity index (χ2v) is 2.77. The van der Waals surface area contributed by atoms with E-state index in [0.29, 0.717) is 6.42 Å². The van der Waals surface area contributed by atoms with Crippen LogP contribution in [-0.2, 0) is 0 Å². The van der Waals surface area contributed by atoms with E-state index in [1.807, 2.05) is 0 Å². The molecule has 13 heavy (non-hydrogen) atoms. The number of rotatable bonds is 3. The van der Waals surface area contributed by atoms with E-state index >= 15 is 0 Å². The first kappa shape index (κ1) is 9.95. The predicted molar refractivity (Wildman–Crippen MR) is 46.7 cm³/mol. The summed E-state index contributed by atoms with van der Waals surface area (Å²) >= 11 is 0. The van der Waals surface area contributed by atoms with E-state index in [1.165, 1.54) is 12.1 Å². The van der Waals surface area contributed by atoms with Crippen molar-refractivity contribution in [1.82, 2.24) is 0 Å². The molecule has 1 rings (SSSR count). The Morgan fingerprint density at radius 2 is 2.15 bits per heavy atom. The number of aliphatic hydroxyl groups is 1. The predicted octanol–water partition coefficient (Wildman–Crippen LogP) is 0.914. The third kappa shape index (κ3) is 2.17. The van der Waals surface area contributed by atoms with Crippen molar-refractivity contribution < 1.29 is 14.6 Å². The minimum Gasteiger partial charge on any atom is -0.505 e. The average molecular weight is 185 g/mol. The van der Waals surface area contributed by atoms with Crippen molar-refractivity contribution in [3.8, 4) is 5.75 Å². The van der Waals surface area contributed by atoms with E-state index in [9.17, 15) is 14.6 Å². The van der Waals surface area contributed by atoms with Crippen molar-refractivity contribution in [2.45, 2.75) is 12.5 Å². The maximum absolute atomic E-state index is 12.8. The molecule has 0 aliphatic heterocycles. The molecule has 0 aliphatic carbocycles. The average Bonchev–Trinajstić information content (AvgIpc) is 2.10. The fraction of sp³-hybridized carbons (Fsp3) is 0.333. The zero-order chi connectivity index (χ0) is 9.84. The van der Waals surface area contributed by atoms with Gasteiger partial charge in [0, 0.05) is 5.56 Å². The third-order valence-electron chi connectivity index (χ3n) is 1.82. The van der Waals surface area contributed by atoms with Gasteiger partial charge < -0.3 is 15.9 Å². The largest absolute Gasteiger partial charge is 0.505 e. The van der Waals surface area contributed by atoms with Crippen LogP contribution in [0, 0.1) is 5.82 Å². The number of phenolic OH excluding ortho intramolecular Hbond substituents is 1. The normalized spacial score (nSPS) is 12.8. The van der Waals surface area contributed by atoms with E-state index in [-0.39, 0.29) is 12.1 Å². The molecule has 1 aromatic carbocycles. The molecule has 4 heteroatoms. The molecule has 1 aromatic rings. The van der Waals surface area contributed by atoms with E-state index in [4.69, 9.17) is 5.73 Å². The zero-order valence-corrected chi connectivity index (χ0v) is 7.07.